The van der Waals surface area contributed by atoms with Crippen LogP contribution < -0.4 is 4.90 Å². The van der Waals surface area contributed by atoms with Crippen LogP contribution in [0, 0.1) is 0 Å². The summed E-state index contributed by atoms with van der Waals surface area (Å²) in [6.07, 6.45) is 0.385. The lowest BCUT2D eigenvalue weighted by Gasteiger charge is -2.33. The SMILES string of the molecule is O=C(O)C1CCc2ccccc2N1C(=O)OCc1ccccc1. The number of ether oxygens (including phenoxy) is 1. The fraction of sp³-hybridized carbons (Fsp3) is 0.222. The predicted octanol–water partition coefficient (Wildman–Crippen LogP) is 3.23. The molecule has 0 spiro atoms. The van der Waals surface area contributed by atoms with Crippen LogP contribution in [0.25, 0.3) is 0 Å². The van der Waals surface area contributed by atoms with Gasteiger partial charge in [0.2, 0.25) is 0 Å². The average Bonchev–Trinajstić information content (AvgIpc) is 2.59. The summed E-state index contributed by atoms with van der Waals surface area (Å²) < 4.78 is 5.33. The van der Waals surface area contributed by atoms with E-state index in [4.69, 9.17) is 4.74 Å². The molecular weight excluding hydrogens is 294 g/mol. The number of hydrogen-bond acceptors (Lipinski definition) is 3. The molecule has 23 heavy (non-hydrogen) atoms. The number of carbonyl (C=O) groups is 2. The molecule has 1 atom stereocenters. The highest BCUT2D eigenvalue weighted by Gasteiger charge is 2.36. The summed E-state index contributed by atoms with van der Waals surface area (Å²) in [5.74, 6) is -1.02. The van der Waals surface area contributed by atoms with Crippen molar-refractivity contribution in [2.75, 3.05) is 4.90 Å². The maximum Gasteiger partial charge on any atom is 0.415 e. The number of rotatable bonds is 3. The summed E-state index contributed by atoms with van der Waals surface area (Å²) in [6.45, 7) is 0.116. The maximum absolute atomic E-state index is 12.5. The van der Waals surface area contributed by atoms with Gasteiger partial charge in [0.25, 0.3) is 0 Å². The molecule has 0 aliphatic carbocycles. The smallest absolute Gasteiger partial charge is 0.415 e. The first-order chi connectivity index (χ1) is 11.2. The quantitative estimate of drug-likeness (QED) is 0.945. The Labute approximate surface area is 134 Å². The molecule has 0 bridgehead atoms. The molecule has 1 unspecified atom stereocenters. The van der Waals surface area contributed by atoms with Gasteiger partial charge in [-0.05, 0) is 30.0 Å². The number of benzene rings is 2. The highest BCUT2D eigenvalue weighted by molar-refractivity contribution is 5.96. The van der Waals surface area contributed by atoms with Crippen LogP contribution in [0.1, 0.15) is 17.5 Å². The molecule has 5 nitrogen and oxygen atoms in total. The van der Waals surface area contributed by atoms with Gasteiger partial charge < -0.3 is 9.84 Å². The van der Waals surface area contributed by atoms with Gasteiger partial charge in [0.05, 0.1) is 5.69 Å². The van der Waals surface area contributed by atoms with Crippen LogP contribution in [-0.4, -0.2) is 23.2 Å². The van der Waals surface area contributed by atoms with E-state index in [1.165, 1.54) is 4.90 Å². The molecule has 1 aliphatic heterocycles. The van der Waals surface area contributed by atoms with Crippen LogP contribution in [0.3, 0.4) is 0 Å². The molecule has 2 aromatic carbocycles. The predicted molar refractivity (Wildman–Crippen MR) is 85.3 cm³/mol. The molecule has 118 valence electrons. The number of carbonyl (C=O) groups excluding carboxylic acids is 1. The number of fused-ring (bicyclic) bond motifs is 1. The van der Waals surface area contributed by atoms with E-state index in [1.54, 1.807) is 12.1 Å². The van der Waals surface area contributed by atoms with E-state index in [0.717, 1.165) is 11.1 Å². The highest BCUT2D eigenvalue weighted by atomic mass is 16.6. The van der Waals surface area contributed by atoms with Crippen LogP contribution in [0.15, 0.2) is 54.6 Å². The molecule has 0 saturated heterocycles. The Kier molecular flexibility index (Phi) is 4.28. The minimum atomic E-state index is -1.02. The molecule has 0 fully saturated rings. The van der Waals surface area contributed by atoms with Gasteiger partial charge in [0.1, 0.15) is 12.6 Å². The van der Waals surface area contributed by atoms with E-state index in [9.17, 15) is 14.7 Å². The third-order valence-corrected chi connectivity index (χ3v) is 3.94. The van der Waals surface area contributed by atoms with Crippen LogP contribution >= 0.6 is 0 Å². The largest absolute Gasteiger partial charge is 0.480 e. The minimum absolute atomic E-state index is 0.116. The number of carboxylic acid groups (broad SMARTS) is 1. The van der Waals surface area contributed by atoms with Gasteiger partial charge in [-0.1, -0.05) is 48.5 Å². The van der Waals surface area contributed by atoms with Crippen molar-refractivity contribution < 1.29 is 19.4 Å². The zero-order chi connectivity index (χ0) is 16.2. The molecule has 0 saturated carbocycles. The summed E-state index contributed by atoms with van der Waals surface area (Å²) in [5.41, 5.74) is 2.43. The van der Waals surface area contributed by atoms with Crippen LogP contribution in [0.4, 0.5) is 10.5 Å². The molecule has 0 aromatic heterocycles. The van der Waals surface area contributed by atoms with Crippen LogP contribution in [-0.2, 0) is 22.6 Å². The van der Waals surface area contributed by atoms with Gasteiger partial charge in [-0.3, -0.25) is 4.90 Å². The van der Waals surface area contributed by atoms with Crippen molar-refractivity contribution in [3.63, 3.8) is 0 Å². The summed E-state index contributed by atoms with van der Waals surface area (Å²) >= 11 is 0. The lowest BCUT2D eigenvalue weighted by Crippen LogP contribution is -2.48. The van der Waals surface area contributed by atoms with Crippen molar-refractivity contribution >= 4 is 17.7 Å². The summed E-state index contributed by atoms with van der Waals surface area (Å²) in [6, 6.07) is 15.8. The number of carboxylic acids is 1. The number of hydrogen-bond donors (Lipinski definition) is 1. The first-order valence-corrected chi connectivity index (χ1v) is 7.47. The third-order valence-electron chi connectivity index (χ3n) is 3.94. The minimum Gasteiger partial charge on any atom is -0.480 e. The van der Waals surface area contributed by atoms with Crippen molar-refractivity contribution in [2.24, 2.45) is 0 Å². The molecule has 1 N–H and O–H groups in total. The van der Waals surface area contributed by atoms with E-state index in [2.05, 4.69) is 0 Å². The Morgan fingerprint density at radius 2 is 1.78 bits per heavy atom. The summed E-state index contributed by atoms with van der Waals surface area (Å²) in [5, 5.41) is 9.42. The lowest BCUT2D eigenvalue weighted by atomic mass is 9.96. The molecule has 0 radical (unpaired) electrons. The molecular formula is C18H17NO4. The van der Waals surface area contributed by atoms with Crippen LogP contribution in [0.5, 0.6) is 0 Å². The van der Waals surface area contributed by atoms with Gasteiger partial charge in [-0.25, -0.2) is 9.59 Å². The zero-order valence-electron chi connectivity index (χ0n) is 12.5. The Morgan fingerprint density at radius 1 is 1.09 bits per heavy atom. The number of aryl methyl sites for hydroxylation is 1. The van der Waals surface area contributed by atoms with E-state index >= 15 is 0 Å². The fourth-order valence-electron chi connectivity index (χ4n) is 2.79. The van der Waals surface area contributed by atoms with Crippen molar-refractivity contribution in [3.8, 4) is 0 Å². The zero-order valence-corrected chi connectivity index (χ0v) is 12.5. The van der Waals surface area contributed by atoms with Crippen molar-refractivity contribution in [2.45, 2.75) is 25.5 Å². The topological polar surface area (TPSA) is 66.8 Å². The molecule has 2 aromatic rings. The number of amides is 1. The monoisotopic (exact) mass is 311 g/mol. The van der Waals surface area contributed by atoms with Crippen molar-refractivity contribution in [1.82, 2.24) is 0 Å². The van der Waals surface area contributed by atoms with Gasteiger partial charge in [-0.2, -0.15) is 0 Å². The Bertz CT molecular complexity index is 714. The van der Waals surface area contributed by atoms with Gasteiger partial charge in [0.15, 0.2) is 0 Å². The van der Waals surface area contributed by atoms with E-state index < -0.39 is 18.1 Å². The molecule has 1 aliphatic rings. The average molecular weight is 311 g/mol. The second kappa shape index (κ2) is 6.52. The lowest BCUT2D eigenvalue weighted by molar-refractivity contribution is -0.138. The first-order valence-electron chi connectivity index (χ1n) is 7.47. The van der Waals surface area contributed by atoms with Gasteiger partial charge in [0, 0.05) is 0 Å². The van der Waals surface area contributed by atoms with E-state index in [1.807, 2.05) is 42.5 Å². The second-order valence-electron chi connectivity index (χ2n) is 5.43. The number of nitrogens with zero attached hydrogens (tertiary/aromatic N) is 1. The Hall–Kier alpha value is -2.82. The second-order valence-corrected chi connectivity index (χ2v) is 5.43. The standard InChI is InChI=1S/C18H17NO4/c20-17(21)16-11-10-14-8-4-5-9-15(14)19(16)18(22)23-12-13-6-2-1-3-7-13/h1-9,16H,10-12H2,(H,20,21). The van der Waals surface area contributed by atoms with Crippen molar-refractivity contribution in [1.29, 1.82) is 0 Å². The number of aliphatic carboxylic acids is 1. The molecule has 1 amide bonds. The van der Waals surface area contributed by atoms with Crippen molar-refractivity contribution in [3.05, 3.63) is 65.7 Å². The number of anilines is 1. The first kappa shape index (κ1) is 15.1. The molecule has 3 rings (SSSR count). The highest BCUT2D eigenvalue weighted by Crippen LogP contribution is 2.31. The normalized spacial score (nSPS) is 16.5. The fourth-order valence-corrected chi connectivity index (χ4v) is 2.79. The van der Waals surface area contributed by atoms with E-state index in [0.29, 0.717) is 18.5 Å². The van der Waals surface area contributed by atoms with Crippen LogP contribution in [0.2, 0.25) is 0 Å². The Balaban J connectivity index is 1.82. The van der Waals surface area contributed by atoms with Gasteiger partial charge in [-0.15, -0.1) is 0 Å². The summed E-state index contributed by atoms with van der Waals surface area (Å²) in [7, 11) is 0. The summed E-state index contributed by atoms with van der Waals surface area (Å²) in [4.78, 5) is 25.2. The third kappa shape index (κ3) is 3.18. The molecule has 1 heterocycles. The Morgan fingerprint density at radius 3 is 2.52 bits per heavy atom. The molecule has 5 heteroatoms. The maximum atomic E-state index is 12.5. The van der Waals surface area contributed by atoms with Gasteiger partial charge >= 0.3 is 12.1 Å². The van der Waals surface area contributed by atoms with E-state index in [-0.39, 0.29) is 6.61 Å². The number of para-hydroxylation sites is 1.